The zero-order chi connectivity index (χ0) is 25.4. The van der Waals surface area contributed by atoms with E-state index in [9.17, 15) is 19.5 Å². The maximum Gasteiger partial charge on any atom is 0.337 e. The van der Waals surface area contributed by atoms with E-state index in [1.54, 1.807) is 67.0 Å². The zero-order valence-corrected chi connectivity index (χ0v) is 19.8. The first-order valence-corrected chi connectivity index (χ1v) is 11.5. The van der Waals surface area contributed by atoms with Crippen LogP contribution >= 0.6 is 0 Å². The van der Waals surface area contributed by atoms with E-state index < -0.39 is 23.7 Å². The summed E-state index contributed by atoms with van der Waals surface area (Å²) in [5, 5.41) is 11.4. The molecule has 0 bridgehead atoms. The average molecular weight is 485 g/mol. The second-order valence-electron chi connectivity index (χ2n) is 8.85. The van der Waals surface area contributed by atoms with Gasteiger partial charge in [-0.3, -0.25) is 14.6 Å². The number of fused-ring (bicyclic) bond motifs is 1. The summed E-state index contributed by atoms with van der Waals surface area (Å²) in [6.07, 6.45) is 3.93. The van der Waals surface area contributed by atoms with Crippen molar-refractivity contribution in [3.05, 3.63) is 100 Å². The SMILES string of the molecule is COC(=O)c1ccc([C@H]2/C(=C(\O)c3ccc4c(c3)C[C@@H](C)O4)C(=O)C(=O)N2Cc2ccncc2)cc1. The fourth-order valence-electron chi connectivity index (χ4n) is 4.72. The Morgan fingerprint density at radius 3 is 2.47 bits per heavy atom. The molecule has 1 aromatic heterocycles. The van der Waals surface area contributed by atoms with Gasteiger partial charge >= 0.3 is 5.97 Å². The Morgan fingerprint density at radius 2 is 1.78 bits per heavy atom. The molecule has 1 N–H and O–H groups in total. The zero-order valence-electron chi connectivity index (χ0n) is 19.8. The Bertz CT molecular complexity index is 1380. The normalized spacial score (nSPS) is 20.2. The van der Waals surface area contributed by atoms with E-state index in [-0.39, 0.29) is 24.0 Å². The van der Waals surface area contributed by atoms with E-state index in [0.29, 0.717) is 23.1 Å². The molecule has 0 unspecified atom stereocenters. The molecule has 36 heavy (non-hydrogen) atoms. The molecular weight excluding hydrogens is 460 g/mol. The molecular formula is C28H24N2O6. The third-order valence-corrected chi connectivity index (χ3v) is 6.46. The molecule has 2 atom stereocenters. The Hall–Kier alpha value is -4.46. The fourth-order valence-corrected chi connectivity index (χ4v) is 4.72. The van der Waals surface area contributed by atoms with Gasteiger partial charge in [0.15, 0.2) is 0 Å². The van der Waals surface area contributed by atoms with Crippen LogP contribution in [0.15, 0.2) is 72.6 Å². The lowest BCUT2D eigenvalue weighted by molar-refractivity contribution is -0.140. The molecule has 3 aromatic rings. The molecule has 0 saturated carbocycles. The standard InChI is InChI=1S/C28H24N2O6/c1-16-13-21-14-20(7-8-22(21)36-16)25(31)23-24(18-3-5-19(6-4-18)28(34)35-2)30(27(33)26(23)32)15-17-9-11-29-12-10-17/h3-12,14,16,24,31H,13,15H2,1-2H3/b25-23+/t16-,24+/m1/s1. The minimum Gasteiger partial charge on any atom is -0.507 e. The lowest BCUT2D eigenvalue weighted by atomic mass is 9.94. The van der Waals surface area contributed by atoms with Crippen LogP contribution in [0.4, 0.5) is 0 Å². The summed E-state index contributed by atoms with van der Waals surface area (Å²) >= 11 is 0. The predicted octanol–water partition coefficient (Wildman–Crippen LogP) is 3.81. The second kappa shape index (κ2) is 9.30. The van der Waals surface area contributed by atoms with Crippen molar-refractivity contribution in [1.82, 2.24) is 9.88 Å². The van der Waals surface area contributed by atoms with Crippen molar-refractivity contribution < 1.29 is 29.0 Å². The first-order valence-electron chi connectivity index (χ1n) is 11.5. The number of aliphatic hydroxyl groups is 1. The van der Waals surface area contributed by atoms with Gasteiger partial charge in [0.1, 0.15) is 17.6 Å². The predicted molar refractivity (Wildman–Crippen MR) is 130 cm³/mol. The number of amides is 1. The van der Waals surface area contributed by atoms with Crippen LogP contribution in [0.5, 0.6) is 5.75 Å². The number of aliphatic hydroxyl groups excluding tert-OH is 1. The number of hydrogen-bond acceptors (Lipinski definition) is 7. The molecule has 0 radical (unpaired) electrons. The number of aromatic nitrogens is 1. The summed E-state index contributed by atoms with van der Waals surface area (Å²) in [5.74, 6) is -1.49. The maximum absolute atomic E-state index is 13.3. The Balaban J connectivity index is 1.62. The molecule has 2 aliphatic heterocycles. The van der Waals surface area contributed by atoms with Crippen molar-refractivity contribution in [2.24, 2.45) is 0 Å². The van der Waals surface area contributed by atoms with E-state index in [0.717, 1.165) is 16.9 Å². The number of methoxy groups -OCH3 is 1. The highest BCUT2D eigenvalue weighted by atomic mass is 16.5. The highest BCUT2D eigenvalue weighted by Gasteiger charge is 2.46. The van der Waals surface area contributed by atoms with E-state index in [1.807, 2.05) is 6.92 Å². The van der Waals surface area contributed by atoms with Gasteiger partial charge < -0.3 is 19.5 Å². The van der Waals surface area contributed by atoms with E-state index in [4.69, 9.17) is 9.47 Å². The van der Waals surface area contributed by atoms with Gasteiger partial charge in [0.2, 0.25) is 0 Å². The number of rotatable bonds is 5. The number of likely N-dealkylation sites (tertiary alicyclic amines) is 1. The number of nitrogens with zero attached hydrogens (tertiary/aromatic N) is 2. The second-order valence-corrected chi connectivity index (χ2v) is 8.85. The molecule has 182 valence electrons. The van der Waals surface area contributed by atoms with Gasteiger partial charge in [-0.1, -0.05) is 12.1 Å². The van der Waals surface area contributed by atoms with Gasteiger partial charge in [-0.05, 0) is 66.1 Å². The topological polar surface area (TPSA) is 106 Å². The number of carbonyl (C=O) groups is 3. The number of benzene rings is 2. The van der Waals surface area contributed by atoms with Gasteiger partial charge in [-0.25, -0.2) is 4.79 Å². The number of hydrogen-bond donors (Lipinski definition) is 1. The highest BCUT2D eigenvalue weighted by Crippen LogP contribution is 2.41. The Labute approximate surface area is 207 Å². The molecule has 0 spiro atoms. The largest absolute Gasteiger partial charge is 0.507 e. The minimum absolute atomic E-state index is 0.00760. The monoisotopic (exact) mass is 484 g/mol. The first kappa shape index (κ1) is 23.3. The number of esters is 1. The van der Waals surface area contributed by atoms with Crippen molar-refractivity contribution in [3.8, 4) is 5.75 Å². The first-order chi connectivity index (χ1) is 17.4. The molecule has 8 nitrogen and oxygen atoms in total. The van der Waals surface area contributed by atoms with Crippen LogP contribution < -0.4 is 4.74 Å². The summed E-state index contributed by atoms with van der Waals surface area (Å²) < 4.78 is 10.5. The maximum atomic E-state index is 13.3. The van der Waals surface area contributed by atoms with Crippen molar-refractivity contribution in [2.45, 2.75) is 32.0 Å². The van der Waals surface area contributed by atoms with Crippen molar-refractivity contribution in [2.75, 3.05) is 7.11 Å². The van der Waals surface area contributed by atoms with Gasteiger partial charge in [0.25, 0.3) is 11.7 Å². The molecule has 0 aliphatic carbocycles. The summed E-state index contributed by atoms with van der Waals surface area (Å²) in [7, 11) is 1.29. The number of ether oxygens (including phenoxy) is 2. The van der Waals surface area contributed by atoms with Crippen LogP contribution in [-0.4, -0.2) is 45.9 Å². The smallest absolute Gasteiger partial charge is 0.337 e. The van der Waals surface area contributed by atoms with Crippen molar-refractivity contribution in [3.63, 3.8) is 0 Å². The van der Waals surface area contributed by atoms with Gasteiger partial charge in [-0.2, -0.15) is 0 Å². The molecule has 5 rings (SSSR count). The van der Waals surface area contributed by atoms with Crippen molar-refractivity contribution >= 4 is 23.4 Å². The van der Waals surface area contributed by atoms with E-state index in [2.05, 4.69) is 4.98 Å². The fraction of sp³-hybridized carbons (Fsp3) is 0.214. The third-order valence-electron chi connectivity index (χ3n) is 6.46. The number of carbonyl (C=O) groups excluding carboxylic acids is 3. The van der Waals surface area contributed by atoms with Crippen LogP contribution in [0, 0.1) is 0 Å². The number of Topliss-reactive ketones (excluding diaryl/α,β-unsaturated/α-hetero) is 1. The molecule has 1 fully saturated rings. The summed E-state index contributed by atoms with van der Waals surface area (Å²) in [6.45, 7) is 2.10. The number of ketones is 1. The van der Waals surface area contributed by atoms with Gasteiger partial charge in [0, 0.05) is 30.9 Å². The molecule has 1 saturated heterocycles. The number of pyridine rings is 1. The van der Waals surface area contributed by atoms with Crippen LogP contribution in [0.1, 0.15) is 45.6 Å². The van der Waals surface area contributed by atoms with Crippen LogP contribution in [-0.2, 0) is 27.3 Å². The van der Waals surface area contributed by atoms with Gasteiger partial charge in [-0.15, -0.1) is 0 Å². The highest BCUT2D eigenvalue weighted by molar-refractivity contribution is 6.46. The molecule has 1 amide bonds. The summed E-state index contributed by atoms with van der Waals surface area (Å²) in [4.78, 5) is 43.9. The average Bonchev–Trinajstić information content (AvgIpc) is 3.39. The lowest BCUT2D eigenvalue weighted by Crippen LogP contribution is -2.29. The molecule has 2 aliphatic rings. The van der Waals surface area contributed by atoms with Crippen LogP contribution in [0.3, 0.4) is 0 Å². The van der Waals surface area contributed by atoms with Crippen LogP contribution in [0.2, 0.25) is 0 Å². The quantitative estimate of drug-likeness (QED) is 0.254. The third kappa shape index (κ3) is 4.11. The molecule has 8 heteroatoms. The van der Waals surface area contributed by atoms with Gasteiger partial charge in [0.05, 0.1) is 24.3 Å². The van der Waals surface area contributed by atoms with E-state index >= 15 is 0 Å². The molecule has 3 heterocycles. The Kier molecular flexibility index (Phi) is 6.01. The minimum atomic E-state index is -0.853. The summed E-state index contributed by atoms with van der Waals surface area (Å²) in [5.41, 5.74) is 3.05. The van der Waals surface area contributed by atoms with Crippen molar-refractivity contribution in [1.29, 1.82) is 0 Å². The summed E-state index contributed by atoms with van der Waals surface area (Å²) in [6, 6.07) is 14.4. The van der Waals surface area contributed by atoms with Crippen LogP contribution in [0.25, 0.3) is 5.76 Å². The van der Waals surface area contributed by atoms with E-state index in [1.165, 1.54) is 12.0 Å². The lowest BCUT2D eigenvalue weighted by Gasteiger charge is -2.25. The Morgan fingerprint density at radius 1 is 1.08 bits per heavy atom. The molecule has 2 aromatic carbocycles.